The van der Waals surface area contributed by atoms with Gasteiger partial charge in [-0.2, -0.15) is 0 Å². The van der Waals surface area contributed by atoms with Crippen LogP contribution in [0, 0.1) is 5.92 Å². The molecule has 0 aliphatic carbocycles. The molecule has 1 aromatic carbocycles. The zero-order chi connectivity index (χ0) is 14.0. The first-order valence-corrected chi connectivity index (χ1v) is 6.74. The fourth-order valence-electron chi connectivity index (χ4n) is 2.16. The van der Waals surface area contributed by atoms with E-state index in [1.807, 2.05) is 0 Å². The van der Waals surface area contributed by atoms with Gasteiger partial charge < -0.3 is 10.6 Å². The molecule has 1 aliphatic heterocycles. The van der Waals surface area contributed by atoms with Crippen LogP contribution in [0.3, 0.4) is 0 Å². The van der Waals surface area contributed by atoms with Crippen molar-refractivity contribution >= 4 is 35.0 Å². The van der Waals surface area contributed by atoms with Gasteiger partial charge in [-0.3, -0.25) is 9.59 Å². The highest BCUT2D eigenvalue weighted by atomic mass is 35.5. The first-order valence-electron chi connectivity index (χ1n) is 5.98. The summed E-state index contributed by atoms with van der Waals surface area (Å²) in [5.41, 5.74) is 5.98. The van der Waals surface area contributed by atoms with E-state index in [1.54, 1.807) is 23.1 Å². The summed E-state index contributed by atoms with van der Waals surface area (Å²) in [4.78, 5) is 24.8. The molecule has 2 rings (SSSR count). The molecule has 1 atom stereocenters. The largest absolute Gasteiger partial charge is 0.369 e. The number of rotatable bonds is 3. The number of carbonyl (C=O) groups is 2. The molecule has 2 amide bonds. The first kappa shape index (κ1) is 14.2. The van der Waals surface area contributed by atoms with E-state index in [0.717, 1.165) is 5.56 Å². The Morgan fingerprint density at radius 1 is 1.37 bits per heavy atom. The number of primary amides is 1. The van der Waals surface area contributed by atoms with Crippen LogP contribution in [0.15, 0.2) is 18.2 Å². The molecule has 0 unspecified atom stereocenters. The van der Waals surface area contributed by atoms with Crippen molar-refractivity contribution in [1.82, 2.24) is 4.90 Å². The smallest absolute Gasteiger partial charge is 0.227 e. The Hall–Kier alpha value is -1.26. The zero-order valence-corrected chi connectivity index (χ0v) is 11.7. The van der Waals surface area contributed by atoms with E-state index in [4.69, 9.17) is 28.9 Å². The molecule has 0 aromatic heterocycles. The Kier molecular flexibility index (Phi) is 4.32. The molecule has 0 bridgehead atoms. The molecule has 19 heavy (non-hydrogen) atoms. The standard InChI is InChI=1S/C13H14Cl2N2O2/c14-10-2-1-8(11(15)6-10)5-12(18)17-4-3-9(7-17)13(16)19/h1-2,6,9H,3-5,7H2,(H2,16,19)/t9-/m1/s1. The molecule has 4 nitrogen and oxygen atoms in total. The number of hydrogen-bond donors (Lipinski definition) is 1. The molecule has 6 heteroatoms. The number of nitrogens with two attached hydrogens (primary N) is 1. The van der Waals surface area contributed by atoms with Crippen molar-refractivity contribution in [2.24, 2.45) is 11.7 Å². The molecule has 1 aromatic rings. The summed E-state index contributed by atoms with van der Waals surface area (Å²) in [7, 11) is 0. The third-order valence-corrected chi connectivity index (χ3v) is 3.89. The minimum Gasteiger partial charge on any atom is -0.369 e. The maximum absolute atomic E-state index is 12.1. The van der Waals surface area contributed by atoms with Crippen LogP contribution < -0.4 is 5.73 Å². The van der Waals surface area contributed by atoms with Gasteiger partial charge in [0, 0.05) is 23.1 Å². The first-order chi connectivity index (χ1) is 8.97. The van der Waals surface area contributed by atoms with Crippen LogP contribution in [-0.2, 0) is 16.0 Å². The number of nitrogens with zero attached hydrogens (tertiary/aromatic N) is 1. The van der Waals surface area contributed by atoms with E-state index < -0.39 is 0 Å². The third-order valence-electron chi connectivity index (χ3n) is 3.30. The normalized spacial score (nSPS) is 18.6. The van der Waals surface area contributed by atoms with Crippen molar-refractivity contribution in [1.29, 1.82) is 0 Å². The summed E-state index contributed by atoms with van der Waals surface area (Å²) in [5, 5.41) is 1.02. The molecule has 1 fully saturated rings. The van der Waals surface area contributed by atoms with Crippen LogP contribution in [0.1, 0.15) is 12.0 Å². The lowest BCUT2D eigenvalue weighted by Crippen LogP contribution is -2.32. The van der Waals surface area contributed by atoms with Crippen molar-refractivity contribution in [2.75, 3.05) is 13.1 Å². The van der Waals surface area contributed by atoms with Crippen LogP contribution in [0.2, 0.25) is 10.0 Å². The van der Waals surface area contributed by atoms with Gasteiger partial charge in [0.25, 0.3) is 0 Å². The SMILES string of the molecule is NC(=O)[C@@H]1CCN(C(=O)Cc2ccc(Cl)cc2Cl)C1. The van der Waals surface area contributed by atoms with Crippen molar-refractivity contribution in [3.05, 3.63) is 33.8 Å². The lowest BCUT2D eigenvalue weighted by molar-refractivity contribution is -0.129. The van der Waals surface area contributed by atoms with Gasteiger partial charge in [0.1, 0.15) is 0 Å². The average molecular weight is 301 g/mol. The molecule has 2 N–H and O–H groups in total. The second-order valence-electron chi connectivity index (χ2n) is 4.64. The summed E-state index contributed by atoms with van der Waals surface area (Å²) in [6.07, 6.45) is 0.844. The highest BCUT2D eigenvalue weighted by Crippen LogP contribution is 2.23. The van der Waals surface area contributed by atoms with Gasteiger partial charge in [0.15, 0.2) is 0 Å². The van der Waals surface area contributed by atoms with Gasteiger partial charge in [-0.25, -0.2) is 0 Å². The summed E-state index contributed by atoms with van der Waals surface area (Å²) >= 11 is 11.8. The fourth-order valence-corrected chi connectivity index (χ4v) is 2.63. The molecule has 1 heterocycles. The van der Waals surface area contributed by atoms with E-state index in [9.17, 15) is 9.59 Å². The lowest BCUT2D eigenvalue weighted by Gasteiger charge is -2.16. The van der Waals surface area contributed by atoms with Crippen molar-refractivity contribution in [3.8, 4) is 0 Å². The maximum atomic E-state index is 12.1. The Morgan fingerprint density at radius 2 is 2.11 bits per heavy atom. The minimum absolute atomic E-state index is 0.0482. The molecule has 0 radical (unpaired) electrons. The molecular formula is C13H14Cl2N2O2. The zero-order valence-electron chi connectivity index (χ0n) is 10.2. The van der Waals surface area contributed by atoms with Crippen molar-refractivity contribution in [2.45, 2.75) is 12.8 Å². The fraction of sp³-hybridized carbons (Fsp3) is 0.385. The Labute approximate surface area is 121 Å². The number of likely N-dealkylation sites (tertiary alicyclic amines) is 1. The van der Waals surface area contributed by atoms with Crippen LogP contribution >= 0.6 is 23.2 Å². The molecule has 102 valence electrons. The Bertz CT molecular complexity index is 519. The number of halogens is 2. The summed E-state index contributed by atoms with van der Waals surface area (Å²) in [5.74, 6) is -0.627. The van der Waals surface area contributed by atoms with E-state index in [2.05, 4.69) is 0 Å². The van der Waals surface area contributed by atoms with Gasteiger partial charge in [-0.05, 0) is 24.1 Å². The summed E-state index contributed by atoms with van der Waals surface area (Å²) in [6, 6.07) is 5.05. The minimum atomic E-state index is -0.347. The Morgan fingerprint density at radius 3 is 2.68 bits per heavy atom. The number of carbonyl (C=O) groups excluding carboxylic acids is 2. The van der Waals surface area contributed by atoms with Crippen LogP contribution in [0.5, 0.6) is 0 Å². The van der Waals surface area contributed by atoms with Gasteiger partial charge in [-0.1, -0.05) is 29.3 Å². The Balaban J connectivity index is 2.00. The van der Waals surface area contributed by atoms with E-state index in [-0.39, 0.29) is 24.2 Å². The van der Waals surface area contributed by atoms with E-state index in [1.165, 1.54) is 0 Å². The molecule has 1 aliphatic rings. The number of hydrogen-bond acceptors (Lipinski definition) is 2. The maximum Gasteiger partial charge on any atom is 0.227 e. The second kappa shape index (κ2) is 5.80. The topological polar surface area (TPSA) is 63.4 Å². The average Bonchev–Trinajstić information content (AvgIpc) is 2.82. The summed E-state index contributed by atoms with van der Waals surface area (Å²) < 4.78 is 0. The van der Waals surface area contributed by atoms with E-state index >= 15 is 0 Å². The monoisotopic (exact) mass is 300 g/mol. The van der Waals surface area contributed by atoms with Crippen LogP contribution in [-0.4, -0.2) is 29.8 Å². The highest BCUT2D eigenvalue weighted by molar-refractivity contribution is 6.35. The van der Waals surface area contributed by atoms with Crippen LogP contribution in [0.25, 0.3) is 0 Å². The number of amides is 2. The van der Waals surface area contributed by atoms with E-state index in [0.29, 0.717) is 29.6 Å². The number of benzene rings is 1. The highest BCUT2D eigenvalue weighted by Gasteiger charge is 2.29. The van der Waals surface area contributed by atoms with Crippen molar-refractivity contribution < 1.29 is 9.59 Å². The summed E-state index contributed by atoms with van der Waals surface area (Å²) in [6.45, 7) is 0.969. The predicted molar refractivity (Wildman–Crippen MR) is 74.0 cm³/mol. The molecule has 0 saturated carbocycles. The van der Waals surface area contributed by atoms with Crippen LogP contribution in [0.4, 0.5) is 0 Å². The second-order valence-corrected chi connectivity index (χ2v) is 5.48. The molecule has 0 spiro atoms. The van der Waals surface area contributed by atoms with Gasteiger partial charge in [-0.15, -0.1) is 0 Å². The molecule has 1 saturated heterocycles. The lowest BCUT2D eigenvalue weighted by atomic mass is 10.1. The van der Waals surface area contributed by atoms with Gasteiger partial charge in [0.2, 0.25) is 11.8 Å². The quantitative estimate of drug-likeness (QED) is 0.926. The predicted octanol–water partition coefficient (Wildman–Crippen LogP) is 1.87. The van der Waals surface area contributed by atoms with Gasteiger partial charge >= 0.3 is 0 Å². The van der Waals surface area contributed by atoms with Crippen molar-refractivity contribution in [3.63, 3.8) is 0 Å². The molecular weight excluding hydrogens is 287 g/mol. The van der Waals surface area contributed by atoms with Gasteiger partial charge in [0.05, 0.1) is 12.3 Å². The third kappa shape index (κ3) is 3.39.